The lowest BCUT2D eigenvalue weighted by atomic mass is 9.89. The monoisotopic (exact) mass is 380 g/mol. The van der Waals surface area contributed by atoms with Crippen LogP contribution in [0, 0.1) is 5.82 Å². The van der Waals surface area contributed by atoms with E-state index in [0.717, 1.165) is 31.4 Å². The predicted octanol–water partition coefficient (Wildman–Crippen LogP) is 3.95. The van der Waals surface area contributed by atoms with Gasteiger partial charge in [-0.2, -0.15) is 0 Å². The first-order valence-corrected chi connectivity index (χ1v) is 10.1. The molecule has 0 unspecified atom stereocenters. The number of hydrogen-bond acceptors (Lipinski definition) is 3. The molecular weight excluding hydrogens is 355 g/mol. The highest BCUT2D eigenvalue weighted by Gasteiger charge is 2.18. The molecule has 28 heavy (non-hydrogen) atoms. The fraction of sp³-hybridized carbons (Fsp3) is 0.391. The molecule has 0 aromatic heterocycles. The largest absolute Gasteiger partial charge is 0.324 e. The molecule has 2 aromatic carbocycles. The summed E-state index contributed by atoms with van der Waals surface area (Å²) in [5.41, 5.74) is 5.06. The zero-order chi connectivity index (χ0) is 19.5. The summed E-state index contributed by atoms with van der Waals surface area (Å²) in [6.45, 7) is 1.38. The van der Waals surface area contributed by atoms with Crippen LogP contribution in [-0.4, -0.2) is 18.2 Å². The zero-order valence-corrected chi connectivity index (χ0v) is 15.9. The Kier molecular flexibility index (Phi) is 5.53. The average molecular weight is 380 g/mol. The van der Waals surface area contributed by atoms with Gasteiger partial charge < -0.3 is 10.6 Å². The fourth-order valence-electron chi connectivity index (χ4n) is 4.12. The normalized spacial score (nSPS) is 15.5. The van der Waals surface area contributed by atoms with E-state index in [1.165, 1.54) is 17.5 Å². The number of anilines is 1. The number of aryl methyl sites for hydroxylation is 2. The Hall–Kier alpha value is -2.53. The van der Waals surface area contributed by atoms with Gasteiger partial charge in [0.2, 0.25) is 5.91 Å². The van der Waals surface area contributed by atoms with E-state index in [1.807, 2.05) is 24.3 Å². The van der Waals surface area contributed by atoms with Crippen molar-refractivity contribution in [2.45, 2.75) is 51.5 Å². The Bertz CT molecular complexity index is 923. The molecule has 0 saturated heterocycles. The maximum absolute atomic E-state index is 14.6. The molecule has 1 amide bonds. The number of rotatable bonds is 5. The Morgan fingerprint density at radius 3 is 2.61 bits per heavy atom. The maximum atomic E-state index is 14.6. The molecule has 1 heterocycles. The molecule has 4 nitrogen and oxygen atoms in total. The summed E-state index contributed by atoms with van der Waals surface area (Å²) in [4.78, 5) is 24.7. The van der Waals surface area contributed by atoms with Gasteiger partial charge in [0.15, 0.2) is 5.78 Å². The Morgan fingerprint density at radius 1 is 0.964 bits per heavy atom. The standard InChI is InChI=1S/C23H25FN2O2/c24-23-19-11-12-25-14-18(19)7-8-20(23)26-22(28)10-9-21(27)17-6-5-15-3-1-2-4-16(15)13-17/h5-8,13,25H,1-4,9-12,14H2,(H,26,28). The lowest BCUT2D eigenvalue weighted by molar-refractivity contribution is -0.116. The topological polar surface area (TPSA) is 58.2 Å². The van der Waals surface area contributed by atoms with E-state index in [-0.39, 0.29) is 36.0 Å². The summed E-state index contributed by atoms with van der Waals surface area (Å²) in [6.07, 6.45) is 5.25. The van der Waals surface area contributed by atoms with Crippen molar-refractivity contribution in [2.24, 2.45) is 0 Å². The molecule has 2 aliphatic rings. The molecule has 1 aliphatic heterocycles. The maximum Gasteiger partial charge on any atom is 0.224 e. The van der Waals surface area contributed by atoms with E-state index in [2.05, 4.69) is 10.6 Å². The van der Waals surface area contributed by atoms with Gasteiger partial charge in [0.25, 0.3) is 0 Å². The van der Waals surface area contributed by atoms with E-state index < -0.39 is 0 Å². The average Bonchev–Trinajstić information content (AvgIpc) is 2.74. The van der Waals surface area contributed by atoms with E-state index >= 15 is 0 Å². The van der Waals surface area contributed by atoms with Crippen molar-refractivity contribution >= 4 is 17.4 Å². The van der Waals surface area contributed by atoms with Crippen LogP contribution in [0.2, 0.25) is 0 Å². The number of fused-ring (bicyclic) bond motifs is 2. The van der Waals surface area contributed by atoms with Crippen LogP contribution < -0.4 is 10.6 Å². The van der Waals surface area contributed by atoms with Gasteiger partial charge in [-0.15, -0.1) is 0 Å². The van der Waals surface area contributed by atoms with Crippen LogP contribution in [0.1, 0.15) is 58.3 Å². The summed E-state index contributed by atoms with van der Waals surface area (Å²) in [6, 6.07) is 9.33. The summed E-state index contributed by atoms with van der Waals surface area (Å²) >= 11 is 0. The third-order valence-electron chi connectivity index (χ3n) is 5.73. The van der Waals surface area contributed by atoms with Crippen LogP contribution in [0.3, 0.4) is 0 Å². The first-order chi connectivity index (χ1) is 13.6. The summed E-state index contributed by atoms with van der Waals surface area (Å²) < 4.78 is 14.6. The highest BCUT2D eigenvalue weighted by Crippen LogP contribution is 2.25. The van der Waals surface area contributed by atoms with Gasteiger partial charge in [0.1, 0.15) is 5.82 Å². The summed E-state index contributed by atoms with van der Waals surface area (Å²) in [5, 5.41) is 5.83. The van der Waals surface area contributed by atoms with Crippen LogP contribution >= 0.6 is 0 Å². The van der Waals surface area contributed by atoms with Crippen LogP contribution in [0.25, 0.3) is 0 Å². The molecule has 146 valence electrons. The SMILES string of the molecule is O=C(CCC(=O)c1ccc2c(c1)CCCC2)Nc1ccc2c(c1F)CCNC2. The van der Waals surface area contributed by atoms with E-state index in [9.17, 15) is 14.0 Å². The van der Waals surface area contributed by atoms with Gasteiger partial charge in [-0.1, -0.05) is 18.2 Å². The van der Waals surface area contributed by atoms with Crippen LogP contribution in [0.4, 0.5) is 10.1 Å². The second kappa shape index (κ2) is 8.23. The zero-order valence-electron chi connectivity index (χ0n) is 15.9. The Balaban J connectivity index is 1.36. The number of halogens is 1. The fourth-order valence-corrected chi connectivity index (χ4v) is 4.12. The second-order valence-electron chi connectivity index (χ2n) is 7.65. The number of Topliss-reactive ketones (excluding diaryl/α,β-unsaturated/α-hetero) is 1. The van der Waals surface area contributed by atoms with Crippen molar-refractivity contribution in [3.8, 4) is 0 Å². The van der Waals surface area contributed by atoms with Crippen molar-refractivity contribution < 1.29 is 14.0 Å². The molecule has 0 atom stereocenters. The third-order valence-corrected chi connectivity index (χ3v) is 5.73. The summed E-state index contributed by atoms with van der Waals surface area (Å²) in [5.74, 6) is -0.729. The molecule has 0 bridgehead atoms. The van der Waals surface area contributed by atoms with Crippen molar-refractivity contribution in [1.82, 2.24) is 5.32 Å². The van der Waals surface area contributed by atoms with Crippen LogP contribution in [-0.2, 0) is 30.6 Å². The number of carbonyl (C=O) groups is 2. The molecule has 2 aromatic rings. The highest BCUT2D eigenvalue weighted by atomic mass is 19.1. The molecule has 4 rings (SSSR count). The Morgan fingerprint density at radius 2 is 1.75 bits per heavy atom. The summed E-state index contributed by atoms with van der Waals surface area (Å²) in [7, 11) is 0. The Labute approximate surface area is 164 Å². The molecule has 0 spiro atoms. The van der Waals surface area contributed by atoms with Gasteiger partial charge in [0, 0.05) is 24.9 Å². The van der Waals surface area contributed by atoms with E-state index in [4.69, 9.17) is 0 Å². The van der Waals surface area contributed by atoms with Gasteiger partial charge in [-0.05, 0) is 73.0 Å². The van der Waals surface area contributed by atoms with Gasteiger partial charge in [0.05, 0.1) is 5.69 Å². The highest BCUT2D eigenvalue weighted by molar-refractivity contribution is 6.00. The molecular formula is C23H25FN2O2. The minimum Gasteiger partial charge on any atom is -0.324 e. The molecule has 0 fully saturated rings. The second-order valence-corrected chi connectivity index (χ2v) is 7.65. The molecule has 1 aliphatic carbocycles. The molecule has 0 radical (unpaired) electrons. The number of nitrogens with one attached hydrogen (secondary N) is 2. The smallest absolute Gasteiger partial charge is 0.224 e. The van der Waals surface area contributed by atoms with Crippen molar-refractivity contribution in [3.63, 3.8) is 0 Å². The minimum absolute atomic E-state index is 0.0412. The van der Waals surface area contributed by atoms with Crippen molar-refractivity contribution in [3.05, 3.63) is 64.0 Å². The van der Waals surface area contributed by atoms with E-state index in [1.54, 1.807) is 6.07 Å². The van der Waals surface area contributed by atoms with Crippen LogP contribution in [0.15, 0.2) is 30.3 Å². The third kappa shape index (κ3) is 3.99. The first-order valence-electron chi connectivity index (χ1n) is 10.1. The number of benzene rings is 2. The number of carbonyl (C=O) groups excluding carboxylic acids is 2. The van der Waals surface area contributed by atoms with Gasteiger partial charge in [-0.25, -0.2) is 4.39 Å². The quantitative estimate of drug-likeness (QED) is 0.772. The molecule has 5 heteroatoms. The predicted molar refractivity (Wildman–Crippen MR) is 107 cm³/mol. The molecule has 0 saturated carbocycles. The van der Waals surface area contributed by atoms with E-state index in [0.29, 0.717) is 24.1 Å². The van der Waals surface area contributed by atoms with Gasteiger partial charge >= 0.3 is 0 Å². The van der Waals surface area contributed by atoms with Crippen LogP contribution in [0.5, 0.6) is 0 Å². The number of ketones is 1. The number of amides is 1. The lowest BCUT2D eigenvalue weighted by Crippen LogP contribution is -2.25. The van der Waals surface area contributed by atoms with Crippen molar-refractivity contribution in [1.29, 1.82) is 0 Å². The van der Waals surface area contributed by atoms with Crippen molar-refractivity contribution in [2.75, 3.05) is 11.9 Å². The van der Waals surface area contributed by atoms with Gasteiger partial charge in [-0.3, -0.25) is 9.59 Å². The minimum atomic E-state index is -0.353. The molecule has 2 N–H and O–H groups in total. The lowest BCUT2D eigenvalue weighted by Gasteiger charge is -2.19. The number of hydrogen-bond donors (Lipinski definition) is 2. The first kappa shape index (κ1) is 18.8.